The van der Waals surface area contributed by atoms with E-state index in [1.807, 2.05) is 18.2 Å². The molecule has 0 atom stereocenters. The van der Waals surface area contributed by atoms with Gasteiger partial charge in [0, 0.05) is 5.69 Å². The summed E-state index contributed by atoms with van der Waals surface area (Å²) in [7, 11) is 0. The first-order valence-electron chi connectivity index (χ1n) is 6.82. The third-order valence-corrected chi connectivity index (χ3v) is 3.05. The maximum atomic E-state index is 11.4. The Bertz CT molecular complexity index is 790. The Morgan fingerprint density at radius 3 is 2.57 bits per heavy atom. The van der Waals surface area contributed by atoms with Crippen molar-refractivity contribution in [2.75, 3.05) is 10.6 Å². The summed E-state index contributed by atoms with van der Waals surface area (Å²) in [6, 6.07) is 12.6. The first-order valence-corrected chi connectivity index (χ1v) is 6.82. The van der Waals surface area contributed by atoms with Crippen LogP contribution >= 0.6 is 0 Å². The minimum atomic E-state index is -0.518. The van der Waals surface area contributed by atoms with E-state index in [1.54, 1.807) is 24.3 Å². The number of anilines is 3. The molecule has 0 unspecified atom stereocenters. The van der Waals surface area contributed by atoms with Gasteiger partial charge in [-0.1, -0.05) is 18.2 Å². The van der Waals surface area contributed by atoms with Gasteiger partial charge in [0.1, 0.15) is 12.1 Å². The number of nitro groups is 1. The molecule has 0 radical (unpaired) electrons. The average molecular weight is 311 g/mol. The molecular weight excluding hydrogens is 298 g/mol. The molecule has 8 heteroatoms. The molecule has 8 nitrogen and oxygen atoms in total. The van der Waals surface area contributed by atoms with E-state index >= 15 is 0 Å². The van der Waals surface area contributed by atoms with Crippen LogP contribution < -0.4 is 10.6 Å². The van der Waals surface area contributed by atoms with Gasteiger partial charge in [0.2, 0.25) is 11.6 Å². The molecule has 3 rings (SSSR count). The van der Waals surface area contributed by atoms with Crippen molar-refractivity contribution in [2.45, 2.75) is 6.54 Å². The smallest absolute Gasteiger partial charge is 0.353 e. The van der Waals surface area contributed by atoms with Gasteiger partial charge in [-0.25, -0.2) is 9.97 Å². The van der Waals surface area contributed by atoms with E-state index in [1.165, 1.54) is 12.6 Å². The molecule has 0 aliphatic rings. The minimum Gasteiger partial charge on any atom is -0.467 e. The monoisotopic (exact) mass is 311 g/mol. The van der Waals surface area contributed by atoms with Crippen LogP contribution in [0.25, 0.3) is 0 Å². The van der Waals surface area contributed by atoms with Crippen LogP contribution in [0.1, 0.15) is 5.76 Å². The van der Waals surface area contributed by atoms with E-state index < -0.39 is 4.92 Å². The number of hydrogen-bond acceptors (Lipinski definition) is 7. The molecule has 0 saturated carbocycles. The summed E-state index contributed by atoms with van der Waals surface area (Å²) in [6.45, 7) is 0.287. The normalized spacial score (nSPS) is 10.3. The van der Waals surface area contributed by atoms with Gasteiger partial charge in [0.15, 0.2) is 0 Å². The van der Waals surface area contributed by atoms with Crippen LogP contribution in [0.4, 0.5) is 23.0 Å². The van der Waals surface area contributed by atoms with Gasteiger partial charge in [0.05, 0.1) is 17.7 Å². The third kappa shape index (κ3) is 3.43. The van der Waals surface area contributed by atoms with Crippen LogP contribution in [0.3, 0.4) is 0 Å². The van der Waals surface area contributed by atoms with Crippen molar-refractivity contribution >= 4 is 23.0 Å². The largest absolute Gasteiger partial charge is 0.467 e. The van der Waals surface area contributed by atoms with Gasteiger partial charge in [0.25, 0.3) is 0 Å². The first kappa shape index (κ1) is 14.5. The number of nitrogens with one attached hydrogen (secondary N) is 2. The van der Waals surface area contributed by atoms with Crippen molar-refractivity contribution in [2.24, 2.45) is 0 Å². The number of rotatable bonds is 6. The Balaban J connectivity index is 1.87. The zero-order valence-corrected chi connectivity index (χ0v) is 12.0. The summed E-state index contributed by atoms with van der Waals surface area (Å²) in [5.41, 5.74) is 0.481. The van der Waals surface area contributed by atoms with Gasteiger partial charge in [-0.3, -0.25) is 10.1 Å². The highest BCUT2D eigenvalue weighted by Crippen LogP contribution is 2.31. The zero-order chi connectivity index (χ0) is 16.1. The fraction of sp³-hybridized carbons (Fsp3) is 0.0667. The van der Waals surface area contributed by atoms with Crippen molar-refractivity contribution in [1.82, 2.24) is 9.97 Å². The minimum absolute atomic E-state index is 0.123. The van der Waals surface area contributed by atoms with Gasteiger partial charge in [-0.15, -0.1) is 0 Å². The van der Waals surface area contributed by atoms with Gasteiger partial charge < -0.3 is 15.1 Å². The van der Waals surface area contributed by atoms with Crippen LogP contribution in [0.15, 0.2) is 59.5 Å². The predicted molar refractivity (Wildman–Crippen MR) is 84.4 cm³/mol. The maximum Gasteiger partial charge on any atom is 0.353 e. The third-order valence-electron chi connectivity index (χ3n) is 3.05. The van der Waals surface area contributed by atoms with Crippen LogP contribution in [-0.2, 0) is 6.54 Å². The first-order chi connectivity index (χ1) is 11.2. The average Bonchev–Trinajstić information content (AvgIpc) is 3.07. The molecule has 116 valence electrons. The Hall–Kier alpha value is -3.42. The molecule has 3 aromatic rings. The van der Waals surface area contributed by atoms with Crippen molar-refractivity contribution in [1.29, 1.82) is 0 Å². The Labute approximate surface area is 131 Å². The lowest BCUT2D eigenvalue weighted by Crippen LogP contribution is -2.07. The summed E-state index contributed by atoms with van der Waals surface area (Å²) in [5, 5.41) is 17.2. The molecule has 0 aliphatic heterocycles. The van der Waals surface area contributed by atoms with E-state index in [0.717, 1.165) is 0 Å². The van der Waals surface area contributed by atoms with Gasteiger partial charge in [-0.05, 0) is 24.3 Å². The lowest BCUT2D eigenvalue weighted by molar-refractivity contribution is -0.383. The van der Waals surface area contributed by atoms with Crippen molar-refractivity contribution in [3.05, 3.63) is 70.9 Å². The van der Waals surface area contributed by atoms with Crippen molar-refractivity contribution in [3.63, 3.8) is 0 Å². The number of nitrogens with zero attached hydrogens (tertiary/aromatic N) is 3. The molecule has 0 amide bonds. The summed E-state index contributed by atoms with van der Waals surface area (Å²) in [6.07, 6.45) is 2.80. The molecular formula is C15H13N5O3. The quantitative estimate of drug-likeness (QED) is 0.531. The number of benzene rings is 1. The lowest BCUT2D eigenvalue weighted by Gasteiger charge is -2.09. The van der Waals surface area contributed by atoms with Gasteiger partial charge >= 0.3 is 5.69 Å². The standard InChI is InChI=1S/C15H13N5O3/c21-20(22)13-14(16-9-12-7-4-8-23-12)17-10-18-15(13)19-11-5-2-1-3-6-11/h1-8,10H,9H2,(H2,16,17,18,19). The Morgan fingerprint density at radius 1 is 1.09 bits per heavy atom. The van der Waals surface area contributed by atoms with E-state index in [4.69, 9.17) is 4.42 Å². The Morgan fingerprint density at radius 2 is 1.87 bits per heavy atom. The number of para-hydroxylation sites is 1. The molecule has 0 saturated heterocycles. The summed E-state index contributed by atoms with van der Waals surface area (Å²) in [4.78, 5) is 18.8. The van der Waals surface area contributed by atoms with Crippen LogP contribution in [-0.4, -0.2) is 14.9 Å². The highest BCUT2D eigenvalue weighted by Gasteiger charge is 2.23. The number of furan rings is 1. The summed E-state index contributed by atoms with van der Waals surface area (Å²) in [5.74, 6) is 0.897. The molecule has 2 aromatic heterocycles. The number of aromatic nitrogens is 2. The highest BCUT2D eigenvalue weighted by molar-refractivity contribution is 5.73. The maximum absolute atomic E-state index is 11.4. The fourth-order valence-corrected chi connectivity index (χ4v) is 2.01. The zero-order valence-electron chi connectivity index (χ0n) is 12.0. The van der Waals surface area contributed by atoms with Gasteiger partial charge in [-0.2, -0.15) is 0 Å². The predicted octanol–water partition coefficient (Wildman–Crippen LogP) is 3.33. The molecule has 2 N–H and O–H groups in total. The molecule has 23 heavy (non-hydrogen) atoms. The second-order valence-corrected chi connectivity index (χ2v) is 4.60. The van der Waals surface area contributed by atoms with E-state index in [-0.39, 0.29) is 23.9 Å². The van der Waals surface area contributed by atoms with Crippen LogP contribution in [0.5, 0.6) is 0 Å². The SMILES string of the molecule is O=[N+]([O-])c1c(NCc2ccco2)ncnc1Nc1ccccc1. The van der Waals surface area contributed by atoms with Crippen molar-refractivity contribution in [3.8, 4) is 0 Å². The van der Waals surface area contributed by atoms with E-state index in [0.29, 0.717) is 11.4 Å². The molecule has 0 aliphatic carbocycles. The highest BCUT2D eigenvalue weighted by atomic mass is 16.6. The van der Waals surface area contributed by atoms with E-state index in [2.05, 4.69) is 20.6 Å². The second kappa shape index (κ2) is 6.56. The Kier molecular flexibility index (Phi) is 4.14. The van der Waals surface area contributed by atoms with Crippen LogP contribution in [0, 0.1) is 10.1 Å². The second-order valence-electron chi connectivity index (χ2n) is 4.60. The summed E-state index contributed by atoms with van der Waals surface area (Å²) < 4.78 is 5.19. The van der Waals surface area contributed by atoms with Crippen LogP contribution in [0.2, 0.25) is 0 Å². The molecule has 0 fully saturated rings. The molecule has 2 heterocycles. The summed E-state index contributed by atoms with van der Waals surface area (Å²) >= 11 is 0. The molecule has 0 bridgehead atoms. The van der Waals surface area contributed by atoms with E-state index in [9.17, 15) is 10.1 Å². The lowest BCUT2D eigenvalue weighted by atomic mass is 10.3. The fourth-order valence-electron chi connectivity index (χ4n) is 2.01. The van der Waals surface area contributed by atoms with Crippen molar-refractivity contribution < 1.29 is 9.34 Å². The molecule has 0 spiro atoms. The molecule has 1 aromatic carbocycles. The topological polar surface area (TPSA) is 106 Å². The number of hydrogen-bond donors (Lipinski definition) is 2.